The molecule has 732 valence electrons. The van der Waals surface area contributed by atoms with Crippen molar-refractivity contribution in [2.75, 3.05) is 11.9 Å². The molecule has 30 unspecified atom stereocenters. The number of fused-ring (bicyclic) bond motifs is 17. The summed E-state index contributed by atoms with van der Waals surface area (Å²) in [4.78, 5) is 9.22. The van der Waals surface area contributed by atoms with Gasteiger partial charge in [0.15, 0.2) is 0 Å². The fourth-order valence-corrected chi connectivity index (χ4v) is 58.7. The van der Waals surface area contributed by atoms with Gasteiger partial charge in [0.25, 0.3) is 0 Å². The maximum absolute atomic E-state index is 4.93. The van der Waals surface area contributed by atoms with Gasteiger partial charge in [0.1, 0.15) is 0 Å². The minimum atomic E-state index is -1.30. The van der Waals surface area contributed by atoms with E-state index in [0.717, 1.165) is 176 Å². The molecular formula is C108H197Cl8N3Si4Zr4. The van der Waals surface area contributed by atoms with E-state index in [1.165, 1.54) is 138 Å². The Bertz CT molecular complexity index is 3160. The van der Waals surface area contributed by atoms with E-state index in [1.807, 2.05) is 0 Å². The van der Waals surface area contributed by atoms with Gasteiger partial charge >= 0.3 is 151 Å². The molecule has 0 radical (unpaired) electrons. The van der Waals surface area contributed by atoms with E-state index in [0.29, 0.717) is 0 Å². The fraction of sp³-hybridized carbons (Fsp3) is 0.870. The molecule has 127 heavy (non-hydrogen) atoms. The molecule has 0 N–H and O–H groups in total. The third-order valence-electron chi connectivity index (χ3n) is 41.3. The molecule has 3 nitrogen and oxygen atoms in total. The summed E-state index contributed by atoms with van der Waals surface area (Å²) in [5, 5.41) is 0. The molecule has 3 aliphatic heterocycles. The summed E-state index contributed by atoms with van der Waals surface area (Å²) in [6.07, 6.45) is 69.8. The van der Waals surface area contributed by atoms with E-state index < -0.39 is 116 Å². The Kier molecular flexibility index (Phi) is 54.7. The quantitative estimate of drug-likeness (QED) is 0.171. The van der Waals surface area contributed by atoms with E-state index in [1.54, 1.807) is 185 Å². The summed E-state index contributed by atoms with van der Waals surface area (Å²) in [5.74, 6) is 20.2. The predicted octanol–water partition coefficient (Wildman–Crippen LogP) is 38.1. The zero-order valence-corrected chi connectivity index (χ0v) is 106. The fourth-order valence-electron chi connectivity index (χ4n) is 37.1. The van der Waals surface area contributed by atoms with Crippen molar-refractivity contribution in [2.24, 2.45) is 112 Å². The molecule has 3 heterocycles. The van der Waals surface area contributed by atoms with Crippen LogP contribution in [0.2, 0.25) is 96.7 Å². The van der Waals surface area contributed by atoms with Gasteiger partial charge in [0.05, 0.1) is 32.3 Å². The Morgan fingerprint density at radius 1 is 0.299 bits per heavy atom. The molecule has 19 fully saturated rings. The van der Waals surface area contributed by atoms with Crippen LogP contribution < -0.4 is 4.90 Å². The van der Waals surface area contributed by atoms with Crippen LogP contribution in [0.1, 0.15) is 329 Å². The van der Waals surface area contributed by atoms with Gasteiger partial charge < -0.3 is 64.3 Å². The van der Waals surface area contributed by atoms with Crippen LogP contribution in [0.15, 0.2) is 24.3 Å². The van der Waals surface area contributed by atoms with Gasteiger partial charge in [0.2, 0.25) is 0 Å². The van der Waals surface area contributed by atoms with E-state index in [2.05, 4.69) is 140 Å². The van der Waals surface area contributed by atoms with Crippen molar-refractivity contribution < 1.29 is 83.4 Å². The summed E-state index contributed by atoms with van der Waals surface area (Å²) in [6, 6.07) is 16.0. The Morgan fingerprint density at radius 3 is 0.992 bits per heavy atom. The summed E-state index contributed by atoms with van der Waals surface area (Å²) >= 11 is -3.30. The first-order valence-electron chi connectivity index (χ1n) is 51.4. The molecule has 3 saturated heterocycles. The zero-order valence-electron chi connectivity index (χ0n) is 86.1. The van der Waals surface area contributed by atoms with Gasteiger partial charge in [-0.2, -0.15) is 0 Å². The second-order valence-electron chi connectivity index (χ2n) is 47.8. The number of benzene rings is 1. The normalized spacial score (nSPS) is 39.4. The zero-order chi connectivity index (χ0) is 85.0. The van der Waals surface area contributed by atoms with Crippen molar-refractivity contribution in [1.82, 2.24) is 9.80 Å². The van der Waals surface area contributed by atoms with Crippen LogP contribution in [0.4, 0.5) is 5.69 Å². The molecule has 30 atom stereocenters. The third-order valence-corrected chi connectivity index (χ3v) is 62.2. The monoisotopic (exact) mass is 2290 g/mol. The van der Waals surface area contributed by atoms with Crippen molar-refractivity contribution in [1.29, 1.82) is 0 Å². The van der Waals surface area contributed by atoms with Crippen molar-refractivity contribution in [3.05, 3.63) is 89.2 Å². The molecular weight excluding hydrogens is 2100 g/mol. The Hall–Kier alpha value is 5.66. The SMILES string of the molecule is CC1CCC2C(C1)C1C(C3CCCCC3C1[Si](C)(C)C1CCCC1)N2C(C)C.CC1CCC2C(C1)C1C3CCCCC3C([Si](C)(C)C3CCCC3)C1N2C.C[Si](C)(C1CCC2CCCCC21)C1CCC2CCCCC21.Cc1ccc(N2C3CCC(C)CC3C3C2C2CCCCC2C3[Si](C)(C)C2CCCC2)cc1.[CH3-].[CH3-].[CH3-].[CH3-].[CH3-].[CH3-].[CH3-].[CH3-].[Cl][Zr+2][Cl].[Cl][Zr+2][Cl].[Cl][Zr+2][Cl].[Cl][Zr+2][Cl]. The van der Waals surface area contributed by atoms with E-state index in [4.69, 9.17) is 68.1 Å². The van der Waals surface area contributed by atoms with Gasteiger partial charge in [-0.1, -0.05) is 303 Å². The van der Waals surface area contributed by atoms with Crippen molar-refractivity contribution in [3.8, 4) is 0 Å². The summed E-state index contributed by atoms with van der Waals surface area (Å²) in [6.45, 7) is 37.8. The number of halogens is 8. The minimum absolute atomic E-state index is 0. The molecule has 1 aromatic carbocycles. The number of hydrogen-bond acceptors (Lipinski definition) is 3. The van der Waals surface area contributed by atoms with Gasteiger partial charge in [-0.3, -0.25) is 9.80 Å². The molecule has 0 spiro atoms. The van der Waals surface area contributed by atoms with E-state index >= 15 is 0 Å². The number of hydrogen-bond donors (Lipinski definition) is 0. The molecule has 0 bridgehead atoms. The topological polar surface area (TPSA) is 9.72 Å². The Labute approximate surface area is 871 Å². The van der Waals surface area contributed by atoms with Gasteiger partial charge in [-0.25, -0.2) is 0 Å². The Morgan fingerprint density at radius 2 is 0.598 bits per heavy atom. The van der Waals surface area contributed by atoms with Crippen molar-refractivity contribution >= 4 is 106 Å². The van der Waals surface area contributed by atoms with Crippen LogP contribution >= 0.6 is 68.1 Å². The van der Waals surface area contributed by atoms with Crippen molar-refractivity contribution in [2.45, 2.75) is 469 Å². The van der Waals surface area contributed by atoms with E-state index in [-0.39, 0.29) is 59.4 Å². The summed E-state index contributed by atoms with van der Waals surface area (Å²) in [5.41, 5.74) is 12.1. The molecule has 19 aliphatic rings. The van der Waals surface area contributed by atoms with Gasteiger partial charge in [-0.05, 0) is 274 Å². The van der Waals surface area contributed by atoms with Crippen LogP contribution in [0, 0.1) is 179 Å². The third kappa shape index (κ3) is 26.6. The van der Waals surface area contributed by atoms with Crippen LogP contribution in [0.25, 0.3) is 0 Å². The predicted molar refractivity (Wildman–Crippen MR) is 570 cm³/mol. The molecule has 1 aromatic rings. The number of likely N-dealkylation sites (tertiary alicyclic amines) is 2. The molecule has 0 aromatic heterocycles. The number of nitrogens with zero attached hydrogens (tertiary/aromatic N) is 3. The standard InChI is InChI=1S/C30H47NSi.C26H47NSi.C24H43NSi.C20H36Si.8CH3.8ClH.4Zr/c1-20-13-16-22(17-14-20)31-27-18-15-21(2)19-26(27)28-29(31)24-11-7-8-12-25(24)30(28)32(3,4)23-9-5-6-10-23;1-17(2)27-23-15-14-18(3)16-22(23)24-25(27)20-12-8-9-13-21(20)26(24)28(4,5)19-10-6-7-11-19;1-16-13-14-21-20(15-16)22-18-11-7-8-12-19(18)24(23(22)25(21)2)26(3,4)17-9-5-6-10-17;1-21(2,19-13-11-15-7-3-5-9-17(15)19)20-14-12-16-8-4-6-10-18(16)20;;;;;;;;;;;;;;;;;;;;/h13-14,16-17,21,23-30H,5-12,15,18-19H2,1-4H3;17-26H,6-16H2,1-5H3;16-24H,5-15H2,1-4H3;15-20H,3-14H2,1-2H3;8*1H3;8*1H;;;;/q;;;;8*-1;;;;;;;;;4*+4/p-8. The first kappa shape index (κ1) is 123. The molecule has 0 amide bonds. The average molecular weight is 2300 g/mol. The average Bonchev–Trinajstić information content (AvgIpc) is 1.54. The van der Waals surface area contributed by atoms with Gasteiger partial charge in [-0.15, -0.1) is 0 Å². The second kappa shape index (κ2) is 56.4. The molecule has 16 aliphatic carbocycles. The Balaban J connectivity index is 0.000000284. The molecule has 16 saturated carbocycles. The van der Waals surface area contributed by atoms with Crippen LogP contribution in [0.3, 0.4) is 0 Å². The van der Waals surface area contributed by atoms with Crippen LogP contribution in [-0.4, -0.2) is 91.4 Å². The molecule has 20 rings (SSSR count). The first-order valence-corrected chi connectivity index (χ1v) is 89.3. The number of aryl methyl sites for hydroxylation is 1. The van der Waals surface area contributed by atoms with Crippen LogP contribution in [-0.2, 0) is 83.4 Å². The number of rotatable bonds is 10. The maximum atomic E-state index is 4.93. The summed E-state index contributed by atoms with van der Waals surface area (Å²) in [7, 11) is 37.3. The summed E-state index contributed by atoms with van der Waals surface area (Å²) < 4.78 is 0. The second-order valence-corrected chi connectivity index (χ2v) is 83.2. The number of anilines is 1. The molecule has 19 heteroatoms. The van der Waals surface area contributed by atoms with Gasteiger partial charge in [0, 0.05) is 48.0 Å². The first-order chi connectivity index (χ1) is 57.2. The van der Waals surface area contributed by atoms with E-state index in [9.17, 15) is 0 Å². The van der Waals surface area contributed by atoms with Crippen LogP contribution in [0.5, 0.6) is 0 Å². The van der Waals surface area contributed by atoms with Crippen molar-refractivity contribution in [3.63, 3.8) is 0 Å².